The number of carbonyl (C=O) groups is 2. The van der Waals surface area contributed by atoms with Gasteiger partial charge in [-0.1, -0.05) is 37.0 Å². The summed E-state index contributed by atoms with van der Waals surface area (Å²) in [6.45, 7) is 10.0. The molecule has 0 radical (unpaired) electrons. The van der Waals surface area contributed by atoms with Crippen LogP contribution in [0.2, 0.25) is 10.0 Å². The first-order valence-corrected chi connectivity index (χ1v) is 10.1. The van der Waals surface area contributed by atoms with E-state index in [2.05, 4.69) is 5.43 Å². The minimum absolute atomic E-state index is 0.322. The molecule has 5 nitrogen and oxygen atoms in total. The van der Waals surface area contributed by atoms with Crippen molar-refractivity contribution in [2.75, 3.05) is 6.61 Å². The van der Waals surface area contributed by atoms with Gasteiger partial charge in [0.15, 0.2) is 0 Å². The van der Waals surface area contributed by atoms with Gasteiger partial charge < -0.3 is 4.74 Å². The Hall–Kier alpha value is -2.24. The van der Waals surface area contributed by atoms with E-state index in [9.17, 15) is 9.59 Å². The Morgan fingerprint density at radius 1 is 1.00 bits per heavy atom. The van der Waals surface area contributed by atoms with E-state index in [0.29, 0.717) is 39.4 Å². The van der Waals surface area contributed by atoms with E-state index in [-0.39, 0.29) is 0 Å². The molecule has 0 heterocycles. The van der Waals surface area contributed by atoms with E-state index in [1.165, 1.54) is 5.01 Å². The second-order valence-electron chi connectivity index (χ2n) is 8.14. The molecule has 0 bridgehead atoms. The van der Waals surface area contributed by atoms with Crippen LogP contribution in [0.4, 0.5) is 0 Å². The molecule has 0 aliphatic rings. The summed E-state index contributed by atoms with van der Waals surface area (Å²) in [4.78, 5) is 25.9. The zero-order chi connectivity index (χ0) is 21.8. The van der Waals surface area contributed by atoms with Crippen LogP contribution in [-0.4, -0.2) is 29.0 Å². The predicted octanol–water partition coefficient (Wildman–Crippen LogP) is 5.61. The van der Waals surface area contributed by atoms with Crippen molar-refractivity contribution in [3.63, 3.8) is 0 Å². The number of rotatable bonds is 5. The zero-order valence-corrected chi connectivity index (χ0v) is 18.8. The number of hydrazine groups is 1. The molecule has 7 heteroatoms. The van der Waals surface area contributed by atoms with Crippen LogP contribution < -0.4 is 10.2 Å². The number of nitrogens with one attached hydrogen (secondary N) is 1. The lowest BCUT2D eigenvalue weighted by Crippen LogP contribution is -2.55. The maximum atomic E-state index is 13.2. The molecule has 29 heavy (non-hydrogen) atoms. The first-order chi connectivity index (χ1) is 13.5. The monoisotopic (exact) mass is 436 g/mol. The third kappa shape index (κ3) is 6.65. The Kier molecular flexibility index (Phi) is 7.55. The zero-order valence-electron chi connectivity index (χ0n) is 17.3. The Bertz CT molecular complexity index is 875. The van der Waals surface area contributed by atoms with E-state index >= 15 is 0 Å². The molecule has 0 aliphatic carbocycles. The number of ether oxygens (including phenoxy) is 1. The predicted molar refractivity (Wildman–Crippen MR) is 117 cm³/mol. The van der Waals surface area contributed by atoms with Crippen LogP contribution in [0.25, 0.3) is 0 Å². The van der Waals surface area contributed by atoms with Crippen LogP contribution in [0.15, 0.2) is 42.5 Å². The van der Waals surface area contributed by atoms with E-state index in [1.807, 2.05) is 34.6 Å². The lowest BCUT2D eigenvalue weighted by Gasteiger charge is -2.35. The third-order valence-electron chi connectivity index (χ3n) is 3.90. The van der Waals surface area contributed by atoms with Crippen LogP contribution in [0.5, 0.6) is 5.75 Å². The molecular formula is C22H26Cl2N2O3. The summed E-state index contributed by atoms with van der Waals surface area (Å²) in [5, 5.41) is 2.20. The van der Waals surface area contributed by atoms with Crippen LogP contribution in [0, 0.1) is 5.92 Å². The van der Waals surface area contributed by atoms with Crippen LogP contribution in [0.1, 0.15) is 55.3 Å². The quantitative estimate of drug-likeness (QED) is 0.619. The second-order valence-corrected chi connectivity index (χ2v) is 9.01. The lowest BCUT2D eigenvalue weighted by molar-refractivity contribution is 0.0358. The van der Waals surface area contributed by atoms with Gasteiger partial charge in [-0.15, -0.1) is 0 Å². The highest BCUT2D eigenvalue weighted by molar-refractivity contribution is 6.31. The van der Waals surface area contributed by atoms with Crippen molar-refractivity contribution in [1.82, 2.24) is 10.4 Å². The number of carbonyl (C=O) groups excluding carboxylic acids is 2. The molecule has 2 amide bonds. The van der Waals surface area contributed by atoms with Crippen molar-refractivity contribution in [2.45, 2.75) is 40.2 Å². The second kappa shape index (κ2) is 9.51. The highest BCUT2D eigenvalue weighted by Gasteiger charge is 2.30. The van der Waals surface area contributed by atoms with Crippen molar-refractivity contribution in [3.8, 4) is 5.75 Å². The van der Waals surface area contributed by atoms with Gasteiger partial charge in [-0.2, -0.15) is 0 Å². The van der Waals surface area contributed by atoms with Gasteiger partial charge in [-0.3, -0.25) is 15.0 Å². The molecular weight excluding hydrogens is 411 g/mol. The van der Waals surface area contributed by atoms with Gasteiger partial charge in [-0.25, -0.2) is 5.01 Å². The molecule has 0 fully saturated rings. The van der Waals surface area contributed by atoms with Gasteiger partial charge in [0.1, 0.15) is 5.75 Å². The summed E-state index contributed by atoms with van der Waals surface area (Å²) < 4.78 is 5.71. The van der Waals surface area contributed by atoms with E-state index in [4.69, 9.17) is 27.9 Å². The largest absolute Gasteiger partial charge is 0.493 e. The van der Waals surface area contributed by atoms with Crippen molar-refractivity contribution in [2.24, 2.45) is 5.92 Å². The molecule has 0 saturated heterocycles. The van der Waals surface area contributed by atoms with Crippen molar-refractivity contribution >= 4 is 35.0 Å². The fraction of sp³-hybridized carbons (Fsp3) is 0.364. The molecule has 0 aromatic heterocycles. The Balaban J connectivity index is 2.29. The van der Waals surface area contributed by atoms with Gasteiger partial charge in [0, 0.05) is 21.2 Å². The highest BCUT2D eigenvalue weighted by atomic mass is 35.5. The molecule has 0 atom stereocenters. The summed E-state index contributed by atoms with van der Waals surface area (Å²) in [5.41, 5.74) is 2.73. The molecule has 0 saturated carbocycles. The van der Waals surface area contributed by atoms with Gasteiger partial charge >= 0.3 is 0 Å². The molecule has 0 spiro atoms. The van der Waals surface area contributed by atoms with Gasteiger partial charge in [-0.05, 0) is 69.2 Å². The van der Waals surface area contributed by atoms with Gasteiger partial charge in [0.2, 0.25) is 0 Å². The van der Waals surface area contributed by atoms with E-state index in [1.54, 1.807) is 42.5 Å². The molecule has 2 aromatic carbocycles. The molecule has 0 unspecified atom stereocenters. The molecule has 1 N–H and O–H groups in total. The fourth-order valence-corrected chi connectivity index (χ4v) is 2.80. The van der Waals surface area contributed by atoms with Crippen LogP contribution in [-0.2, 0) is 0 Å². The highest BCUT2D eigenvalue weighted by Crippen LogP contribution is 2.24. The Morgan fingerprint density at radius 3 is 2.17 bits per heavy atom. The third-order valence-corrected chi connectivity index (χ3v) is 4.37. The normalized spacial score (nSPS) is 11.3. The maximum Gasteiger partial charge on any atom is 0.272 e. The number of hydrogen-bond acceptors (Lipinski definition) is 3. The Labute approximate surface area is 181 Å². The van der Waals surface area contributed by atoms with Crippen molar-refractivity contribution < 1.29 is 14.3 Å². The molecule has 2 aromatic rings. The summed E-state index contributed by atoms with van der Waals surface area (Å²) in [6.07, 6.45) is 0. The maximum absolute atomic E-state index is 13.2. The summed E-state index contributed by atoms with van der Waals surface area (Å²) in [6, 6.07) is 11.3. The van der Waals surface area contributed by atoms with E-state index in [0.717, 1.165) is 0 Å². The lowest BCUT2D eigenvalue weighted by atomic mass is 10.1. The summed E-state index contributed by atoms with van der Waals surface area (Å²) >= 11 is 12.1. The number of benzene rings is 2. The Morgan fingerprint density at radius 2 is 1.62 bits per heavy atom. The van der Waals surface area contributed by atoms with Gasteiger partial charge in [0.25, 0.3) is 11.8 Å². The summed E-state index contributed by atoms with van der Waals surface area (Å²) in [5.74, 6) is 0.0327. The molecule has 0 aliphatic heterocycles. The summed E-state index contributed by atoms with van der Waals surface area (Å²) in [7, 11) is 0. The SMILES string of the molecule is CC(C)COc1cc(Cl)cc(C(=O)N(NC(=O)c2ccc(Cl)cc2)C(C)(C)C)c1. The first kappa shape index (κ1) is 23.0. The van der Waals surface area contributed by atoms with Crippen molar-refractivity contribution in [1.29, 1.82) is 0 Å². The standard InChI is InChI=1S/C22H26Cl2N2O3/c1-14(2)13-29-19-11-16(10-18(24)12-19)21(28)26(22(3,4)5)25-20(27)15-6-8-17(23)9-7-15/h6-12,14H,13H2,1-5H3,(H,25,27). The number of nitrogens with zero attached hydrogens (tertiary/aromatic N) is 1. The number of halogens is 2. The minimum atomic E-state index is -0.680. The average molecular weight is 437 g/mol. The smallest absolute Gasteiger partial charge is 0.272 e. The topological polar surface area (TPSA) is 58.6 Å². The number of hydrogen-bond donors (Lipinski definition) is 1. The molecule has 156 valence electrons. The van der Waals surface area contributed by atoms with Crippen LogP contribution in [0.3, 0.4) is 0 Å². The van der Waals surface area contributed by atoms with Crippen molar-refractivity contribution in [3.05, 3.63) is 63.6 Å². The van der Waals surface area contributed by atoms with Crippen LogP contribution >= 0.6 is 23.2 Å². The van der Waals surface area contributed by atoms with Gasteiger partial charge in [0.05, 0.1) is 12.1 Å². The first-order valence-electron chi connectivity index (χ1n) is 9.32. The average Bonchev–Trinajstić information content (AvgIpc) is 2.63. The number of amides is 2. The molecule has 2 rings (SSSR count). The fourth-order valence-electron chi connectivity index (χ4n) is 2.45. The minimum Gasteiger partial charge on any atom is -0.493 e. The van der Waals surface area contributed by atoms with E-state index < -0.39 is 17.4 Å².